The monoisotopic (exact) mass is 489 g/mol. The first-order valence-corrected chi connectivity index (χ1v) is 12.5. The zero-order valence-corrected chi connectivity index (χ0v) is 21.1. The molecule has 2 aromatic carbocycles. The van der Waals surface area contributed by atoms with Gasteiger partial charge in [0.2, 0.25) is 5.88 Å². The van der Waals surface area contributed by atoms with E-state index in [1.165, 1.54) is 12.8 Å². The van der Waals surface area contributed by atoms with E-state index in [2.05, 4.69) is 17.7 Å². The van der Waals surface area contributed by atoms with Gasteiger partial charge in [-0.25, -0.2) is 4.68 Å². The molecule has 4 rings (SSSR count). The Bertz CT molecular complexity index is 1150. The number of aliphatic hydroxyl groups excluding tert-OH is 1. The normalized spacial score (nSPS) is 14.0. The fourth-order valence-corrected chi connectivity index (χ4v) is 4.24. The molecule has 0 saturated heterocycles. The van der Waals surface area contributed by atoms with E-state index in [0.29, 0.717) is 30.6 Å². The van der Waals surface area contributed by atoms with Gasteiger partial charge in [0.25, 0.3) is 0 Å². The van der Waals surface area contributed by atoms with Crippen molar-refractivity contribution in [1.82, 2.24) is 14.7 Å². The number of aliphatic hydroxyl groups is 1. The molecule has 0 spiro atoms. The largest absolute Gasteiger partial charge is 0.497 e. The standard InChI is InChI=1S/C29H35N3O4/c1-4-16-35-21-24(33)19-31(18-22-14-15-22)20-27-28(5-2)30-32(23-10-7-6-8-11-23)29(27)36-26-13-9-12-25(17-26)34-3/h1,6-13,17,22,24,33H,5,14-16,18-21H2,2-3H3. The number of aryl methyl sites for hydroxylation is 1. The van der Waals surface area contributed by atoms with Crippen LogP contribution in [0.1, 0.15) is 31.0 Å². The van der Waals surface area contributed by atoms with Crippen LogP contribution in [0.15, 0.2) is 54.6 Å². The van der Waals surface area contributed by atoms with Crippen molar-refractivity contribution >= 4 is 0 Å². The van der Waals surface area contributed by atoms with Crippen molar-refractivity contribution in [1.29, 1.82) is 0 Å². The number of ether oxygens (including phenoxy) is 3. The summed E-state index contributed by atoms with van der Waals surface area (Å²) in [5, 5.41) is 15.6. The van der Waals surface area contributed by atoms with E-state index in [1.54, 1.807) is 7.11 Å². The van der Waals surface area contributed by atoms with Gasteiger partial charge in [0, 0.05) is 25.7 Å². The molecule has 1 aromatic heterocycles. The Kier molecular flexibility index (Phi) is 9.01. The second-order valence-corrected chi connectivity index (χ2v) is 9.12. The second kappa shape index (κ2) is 12.6. The molecule has 1 N–H and O–H groups in total. The Hall–Kier alpha value is -3.31. The average Bonchev–Trinajstić information content (AvgIpc) is 3.65. The van der Waals surface area contributed by atoms with Crippen LogP contribution >= 0.6 is 0 Å². The van der Waals surface area contributed by atoms with Gasteiger partial charge in [-0.3, -0.25) is 4.90 Å². The molecule has 1 unspecified atom stereocenters. The molecule has 1 fully saturated rings. The van der Waals surface area contributed by atoms with Gasteiger partial charge in [-0.1, -0.05) is 37.1 Å². The van der Waals surface area contributed by atoms with Gasteiger partial charge in [0.15, 0.2) is 0 Å². The lowest BCUT2D eigenvalue weighted by Gasteiger charge is -2.25. The first kappa shape index (κ1) is 25.8. The Labute approximate surface area is 213 Å². The van der Waals surface area contributed by atoms with Gasteiger partial charge in [0.1, 0.15) is 18.1 Å². The van der Waals surface area contributed by atoms with Gasteiger partial charge in [0.05, 0.1) is 36.8 Å². The van der Waals surface area contributed by atoms with Crippen molar-refractivity contribution in [3.05, 3.63) is 65.9 Å². The van der Waals surface area contributed by atoms with Crippen LogP contribution in [0.3, 0.4) is 0 Å². The summed E-state index contributed by atoms with van der Waals surface area (Å²) in [6.07, 6.45) is 7.84. The zero-order chi connectivity index (χ0) is 25.3. The summed E-state index contributed by atoms with van der Waals surface area (Å²) in [6.45, 7) is 4.51. The highest BCUT2D eigenvalue weighted by atomic mass is 16.5. The lowest BCUT2D eigenvalue weighted by molar-refractivity contribution is 0.0249. The van der Waals surface area contributed by atoms with Crippen molar-refractivity contribution in [2.24, 2.45) is 5.92 Å². The molecule has 3 aromatic rings. The minimum atomic E-state index is -0.630. The number of hydrogen-bond acceptors (Lipinski definition) is 6. The van der Waals surface area contributed by atoms with E-state index in [4.69, 9.17) is 25.7 Å². The van der Waals surface area contributed by atoms with Gasteiger partial charge in [-0.15, -0.1) is 6.42 Å². The van der Waals surface area contributed by atoms with Gasteiger partial charge < -0.3 is 19.3 Å². The predicted molar refractivity (Wildman–Crippen MR) is 140 cm³/mol. The quantitative estimate of drug-likeness (QED) is 0.266. The lowest BCUT2D eigenvalue weighted by Crippen LogP contribution is -2.36. The average molecular weight is 490 g/mol. The number of methoxy groups -OCH3 is 1. The molecule has 1 heterocycles. The zero-order valence-electron chi connectivity index (χ0n) is 21.1. The number of rotatable bonds is 14. The summed E-state index contributed by atoms with van der Waals surface area (Å²) in [4.78, 5) is 2.28. The SMILES string of the molecule is C#CCOCC(O)CN(Cc1c(CC)nn(-c2ccccc2)c1Oc1cccc(OC)c1)CC1CC1. The molecule has 1 saturated carbocycles. The van der Waals surface area contributed by atoms with Gasteiger partial charge in [-0.2, -0.15) is 5.10 Å². The second-order valence-electron chi connectivity index (χ2n) is 9.12. The van der Waals surface area contributed by atoms with Gasteiger partial charge >= 0.3 is 0 Å². The summed E-state index contributed by atoms with van der Waals surface area (Å²) < 4.78 is 19.2. The smallest absolute Gasteiger partial charge is 0.227 e. The molecule has 36 heavy (non-hydrogen) atoms. The van der Waals surface area contributed by atoms with Crippen molar-refractivity contribution < 1.29 is 19.3 Å². The van der Waals surface area contributed by atoms with Crippen LogP contribution in [-0.2, 0) is 17.7 Å². The van der Waals surface area contributed by atoms with Crippen molar-refractivity contribution in [2.45, 2.75) is 38.8 Å². The minimum Gasteiger partial charge on any atom is -0.497 e. The van der Waals surface area contributed by atoms with E-state index in [1.807, 2.05) is 59.3 Å². The maximum absolute atomic E-state index is 10.6. The van der Waals surface area contributed by atoms with Crippen LogP contribution in [0.5, 0.6) is 17.4 Å². The lowest BCUT2D eigenvalue weighted by atomic mass is 10.1. The fraction of sp³-hybridized carbons (Fsp3) is 0.414. The highest BCUT2D eigenvalue weighted by molar-refractivity contribution is 5.44. The molecule has 0 radical (unpaired) electrons. The maximum Gasteiger partial charge on any atom is 0.227 e. The molecule has 1 aliphatic rings. The number of terminal acetylenes is 1. The Morgan fingerprint density at radius 2 is 1.94 bits per heavy atom. The number of hydrogen-bond donors (Lipinski definition) is 1. The summed E-state index contributed by atoms with van der Waals surface area (Å²) in [5.74, 6) is 5.17. The van der Waals surface area contributed by atoms with Crippen LogP contribution in [-0.4, -0.2) is 59.3 Å². The summed E-state index contributed by atoms with van der Waals surface area (Å²) in [6, 6.07) is 17.6. The Morgan fingerprint density at radius 3 is 2.64 bits per heavy atom. The highest BCUT2D eigenvalue weighted by Gasteiger charge is 2.28. The maximum atomic E-state index is 10.6. The van der Waals surface area contributed by atoms with Crippen molar-refractivity contribution in [2.75, 3.05) is 33.4 Å². The summed E-state index contributed by atoms with van der Waals surface area (Å²) in [5.41, 5.74) is 2.91. The van der Waals surface area contributed by atoms with Crippen LogP contribution < -0.4 is 9.47 Å². The highest BCUT2D eigenvalue weighted by Crippen LogP contribution is 2.35. The van der Waals surface area contributed by atoms with Gasteiger partial charge in [-0.05, 0) is 49.4 Å². The van der Waals surface area contributed by atoms with Crippen LogP contribution in [0.4, 0.5) is 0 Å². The molecular weight excluding hydrogens is 454 g/mol. The van der Waals surface area contributed by atoms with E-state index < -0.39 is 6.10 Å². The fourth-order valence-electron chi connectivity index (χ4n) is 4.24. The minimum absolute atomic E-state index is 0.196. The third-order valence-electron chi connectivity index (χ3n) is 6.17. The number of benzene rings is 2. The Morgan fingerprint density at radius 1 is 1.17 bits per heavy atom. The first-order valence-electron chi connectivity index (χ1n) is 12.5. The summed E-state index contributed by atoms with van der Waals surface area (Å²) in [7, 11) is 1.64. The number of aromatic nitrogens is 2. The predicted octanol–water partition coefficient (Wildman–Crippen LogP) is 4.46. The van der Waals surface area contributed by atoms with Crippen molar-refractivity contribution in [3.63, 3.8) is 0 Å². The van der Waals surface area contributed by atoms with E-state index >= 15 is 0 Å². The molecular formula is C29H35N3O4. The molecule has 0 bridgehead atoms. The molecule has 1 aliphatic carbocycles. The molecule has 0 amide bonds. The third-order valence-corrected chi connectivity index (χ3v) is 6.17. The van der Waals surface area contributed by atoms with E-state index in [-0.39, 0.29) is 13.2 Å². The third kappa shape index (κ3) is 6.88. The van der Waals surface area contributed by atoms with E-state index in [0.717, 1.165) is 35.7 Å². The Balaban J connectivity index is 1.67. The topological polar surface area (TPSA) is 69.0 Å². The van der Waals surface area contributed by atoms with Crippen molar-refractivity contribution in [3.8, 4) is 35.4 Å². The summed E-state index contributed by atoms with van der Waals surface area (Å²) >= 11 is 0. The molecule has 1 atom stereocenters. The number of para-hydroxylation sites is 1. The molecule has 0 aliphatic heterocycles. The van der Waals surface area contributed by atoms with Crippen LogP contribution in [0.2, 0.25) is 0 Å². The number of nitrogens with zero attached hydrogens (tertiary/aromatic N) is 3. The molecule has 190 valence electrons. The first-order chi connectivity index (χ1) is 17.6. The molecule has 7 heteroatoms. The molecule has 7 nitrogen and oxygen atoms in total. The van der Waals surface area contributed by atoms with Crippen LogP contribution in [0.25, 0.3) is 5.69 Å². The van der Waals surface area contributed by atoms with E-state index in [9.17, 15) is 5.11 Å². The van der Waals surface area contributed by atoms with Crippen LogP contribution in [0, 0.1) is 18.3 Å².